The van der Waals surface area contributed by atoms with E-state index in [0.717, 1.165) is 19.3 Å². The molecule has 4 nitrogen and oxygen atoms in total. The zero-order valence-corrected chi connectivity index (χ0v) is 11.3. The van der Waals surface area contributed by atoms with Crippen molar-refractivity contribution in [2.24, 2.45) is 0 Å². The van der Waals surface area contributed by atoms with Crippen molar-refractivity contribution in [1.29, 1.82) is 0 Å². The summed E-state index contributed by atoms with van der Waals surface area (Å²) in [4.78, 5) is 0. The second-order valence-electron chi connectivity index (χ2n) is 5.24. The second-order valence-corrected chi connectivity index (χ2v) is 7.33. The molecule has 0 bridgehead atoms. The largest absolute Gasteiger partial charge is 0.375 e. The van der Waals surface area contributed by atoms with E-state index in [0.29, 0.717) is 13.1 Å². The minimum Gasteiger partial charge on any atom is -0.375 e. The Morgan fingerprint density at radius 2 is 1.69 bits per heavy atom. The number of hydrogen-bond acceptors (Lipinski definition) is 3. The van der Waals surface area contributed by atoms with Gasteiger partial charge < -0.3 is 4.74 Å². The fraction of sp³-hybridized carbons (Fsp3) is 1.00. The number of hydrogen-bond donors (Lipinski definition) is 0. The van der Waals surface area contributed by atoms with Gasteiger partial charge in [-0.15, -0.1) is 0 Å². The van der Waals surface area contributed by atoms with E-state index in [-0.39, 0.29) is 18.0 Å². The van der Waals surface area contributed by atoms with E-state index in [4.69, 9.17) is 4.74 Å². The lowest BCUT2D eigenvalue weighted by atomic mass is 10.2. The average Bonchev–Trinajstić information content (AvgIpc) is 2.17. The highest BCUT2D eigenvalue weighted by Gasteiger charge is 2.24. The van der Waals surface area contributed by atoms with E-state index in [1.165, 1.54) is 0 Å². The van der Waals surface area contributed by atoms with E-state index in [2.05, 4.69) is 0 Å². The molecule has 0 aromatic carbocycles. The molecular weight excluding hydrogens is 226 g/mol. The topological polar surface area (TPSA) is 46.6 Å². The summed E-state index contributed by atoms with van der Waals surface area (Å²) in [6.45, 7) is 7.43. The summed E-state index contributed by atoms with van der Waals surface area (Å²) in [7, 11) is -3.10. The maximum absolute atomic E-state index is 11.9. The van der Waals surface area contributed by atoms with Gasteiger partial charge in [-0.3, -0.25) is 0 Å². The van der Waals surface area contributed by atoms with Crippen molar-refractivity contribution in [2.75, 3.05) is 25.4 Å². The van der Waals surface area contributed by atoms with Crippen LogP contribution in [0, 0.1) is 0 Å². The molecule has 0 aliphatic carbocycles. The Balaban J connectivity index is 2.39. The minimum absolute atomic E-state index is 0.101. The molecule has 0 saturated carbocycles. The molecule has 1 aliphatic heterocycles. The van der Waals surface area contributed by atoms with Crippen molar-refractivity contribution in [3.63, 3.8) is 0 Å². The number of piperidine rings is 1. The number of rotatable bonds is 4. The summed E-state index contributed by atoms with van der Waals surface area (Å²) in [5.41, 5.74) is -0.266. The van der Waals surface area contributed by atoms with Gasteiger partial charge in [-0.1, -0.05) is 6.42 Å². The molecule has 1 saturated heterocycles. The van der Waals surface area contributed by atoms with E-state index in [9.17, 15) is 8.42 Å². The molecule has 0 aromatic rings. The highest BCUT2D eigenvalue weighted by molar-refractivity contribution is 7.89. The standard InChI is InChI=1S/C11H23NO3S/c1-11(2,3)15-9-10-16(13,14)12-7-5-4-6-8-12/h4-10H2,1-3H3. The van der Waals surface area contributed by atoms with Crippen LogP contribution in [0.15, 0.2) is 0 Å². The van der Waals surface area contributed by atoms with Gasteiger partial charge in [-0.05, 0) is 33.6 Å². The molecule has 1 rings (SSSR count). The smallest absolute Gasteiger partial charge is 0.216 e. The predicted molar refractivity (Wildman–Crippen MR) is 64.9 cm³/mol. The maximum Gasteiger partial charge on any atom is 0.216 e. The summed E-state index contributed by atoms with van der Waals surface area (Å²) in [6, 6.07) is 0. The first kappa shape index (κ1) is 13.9. The van der Waals surface area contributed by atoms with Crippen LogP contribution >= 0.6 is 0 Å². The van der Waals surface area contributed by atoms with E-state index < -0.39 is 10.0 Å². The molecule has 5 heteroatoms. The molecule has 0 N–H and O–H groups in total. The van der Waals surface area contributed by atoms with Gasteiger partial charge in [0.05, 0.1) is 18.0 Å². The third kappa shape index (κ3) is 4.80. The average molecular weight is 249 g/mol. The van der Waals surface area contributed by atoms with Crippen LogP contribution in [0.2, 0.25) is 0 Å². The Morgan fingerprint density at radius 1 is 1.12 bits per heavy atom. The van der Waals surface area contributed by atoms with E-state index in [1.807, 2.05) is 20.8 Å². The van der Waals surface area contributed by atoms with Crippen LogP contribution in [0.4, 0.5) is 0 Å². The predicted octanol–water partition coefficient (Wildman–Crippen LogP) is 1.62. The quantitative estimate of drug-likeness (QED) is 0.760. The van der Waals surface area contributed by atoms with Crippen molar-refractivity contribution < 1.29 is 13.2 Å². The van der Waals surface area contributed by atoms with Gasteiger partial charge in [-0.2, -0.15) is 0 Å². The van der Waals surface area contributed by atoms with Crippen molar-refractivity contribution >= 4 is 10.0 Å². The molecular formula is C11H23NO3S. The van der Waals surface area contributed by atoms with Crippen LogP contribution in [-0.2, 0) is 14.8 Å². The Bertz CT molecular complexity index is 300. The van der Waals surface area contributed by atoms with Gasteiger partial charge in [0.2, 0.25) is 10.0 Å². The Hall–Kier alpha value is -0.130. The second kappa shape index (κ2) is 5.47. The molecule has 0 spiro atoms. The third-order valence-electron chi connectivity index (χ3n) is 2.58. The summed E-state index contributed by atoms with van der Waals surface area (Å²) in [5.74, 6) is 0.101. The van der Waals surface area contributed by atoms with Crippen LogP contribution < -0.4 is 0 Å². The van der Waals surface area contributed by atoms with Crippen molar-refractivity contribution in [3.05, 3.63) is 0 Å². The molecule has 0 radical (unpaired) electrons. The summed E-state index contributed by atoms with van der Waals surface area (Å²) < 4.78 is 30.9. The fourth-order valence-electron chi connectivity index (χ4n) is 1.73. The molecule has 0 atom stereocenters. The first-order valence-electron chi connectivity index (χ1n) is 5.93. The Kier molecular flexibility index (Phi) is 4.76. The number of ether oxygens (including phenoxy) is 1. The van der Waals surface area contributed by atoms with Crippen LogP contribution in [0.1, 0.15) is 40.0 Å². The van der Waals surface area contributed by atoms with E-state index >= 15 is 0 Å². The van der Waals surface area contributed by atoms with E-state index in [1.54, 1.807) is 4.31 Å². The van der Waals surface area contributed by atoms with Crippen molar-refractivity contribution in [3.8, 4) is 0 Å². The van der Waals surface area contributed by atoms with Crippen LogP contribution in [0.3, 0.4) is 0 Å². The first-order chi connectivity index (χ1) is 7.31. The third-order valence-corrected chi connectivity index (χ3v) is 4.42. The van der Waals surface area contributed by atoms with Crippen molar-refractivity contribution in [2.45, 2.75) is 45.6 Å². The van der Waals surface area contributed by atoms with Crippen molar-refractivity contribution in [1.82, 2.24) is 4.31 Å². The lowest BCUT2D eigenvalue weighted by Crippen LogP contribution is -2.38. The first-order valence-corrected chi connectivity index (χ1v) is 7.54. The van der Waals surface area contributed by atoms with Gasteiger partial charge in [0.1, 0.15) is 0 Å². The molecule has 16 heavy (non-hydrogen) atoms. The highest BCUT2D eigenvalue weighted by Crippen LogP contribution is 2.14. The Morgan fingerprint density at radius 3 is 2.19 bits per heavy atom. The van der Waals surface area contributed by atoms with Crippen LogP contribution in [-0.4, -0.2) is 43.8 Å². The molecule has 1 aliphatic rings. The van der Waals surface area contributed by atoms with Crippen LogP contribution in [0.25, 0.3) is 0 Å². The van der Waals surface area contributed by atoms with Gasteiger partial charge in [0.25, 0.3) is 0 Å². The molecule has 1 fully saturated rings. The van der Waals surface area contributed by atoms with Gasteiger partial charge in [-0.25, -0.2) is 12.7 Å². The minimum atomic E-state index is -3.10. The van der Waals surface area contributed by atoms with Crippen LogP contribution in [0.5, 0.6) is 0 Å². The zero-order chi connectivity index (χ0) is 12.2. The lowest BCUT2D eigenvalue weighted by Gasteiger charge is -2.26. The maximum atomic E-state index is 11.9. The Labute approximate surface area is 99.0 Å². The summed E-state index contributed by atoms with van der Waals surface area (Å²) >= 11 is 0. The molecule has 0 amide bonds. The van der Waals surface area contributed by atoms with Gasteiger partial charge >= 0.3 is 0 Å². The normalized spacial score (nSPS) is 19.9. The summed E-state index contributed by atoms with van der Waals surface area (Å²) in [5, 5.41) is 0. The number of sulfonamides is 1. The SMILES string of the molecule is CC(C)(C)OCCS(=O)(=O)N1CCCCC1. The molecule has 1 heterocycles. The fourth-order valence-corrected chi connectivity index (χ4v) is 3.09. The highest BCUT2D eigenvalue weighted by atomic mass is 32.2. The molecule has 96 valence electrons. The zero-order valence-electron chi connectivity index (χ0n) is 10.5. The number of nitrogens with zero attached hydrogens (tertiary/aromatic N) is 1. The monoisotopic (exact) mass is 249 g/mol. The lowest BCUT2D eigenvalue weighted by molar-refractivity contribution is 0.00611. The van der Waals surface area contributed by atoms with Gasteiger partial charge in [0, 0.05) is 13.1 Å². The summed E-state index contributed by atoms with van der Waals surface area (Å²) in [6.07, 6.45) is 3.11. The molecule has 0 aromatic heterocycles. The molecule has 0 unspecified atom stereocenters. The van der Waals surface area contributed by atoms with Gasteiger partial charge in [0.15, 0.2) is 0 Å².